The first kappa shape index (κ1) is 29.3. The van der Waals surface area contributed by atoms with E-state index in [0.29, 0.717) is 42.4 Å². The van der Waals surface area contributed by atoms with Crippen LogP contribution < -0.4 is 20.3 Å². The summed E-state index contributed by atoms with van der Waals surface area (Å²) in [5.41, 5.74) is 4.78. The summed E-state index contributed by atoms with van der Waals surface area (Å²) in [6.07, 6.45) is 8.22. The molecule has 220 valence electrons. The lowest BCUT2D eigenvalue weighted by Gasteiger charge is -2.36. The largest absolute Gasteiger partial charge is 0.438 e. The zero-order valence-corrected chi connectivity index (χ0v) is 24.7. The average Bonchev–Trinajstić information content (AvgIpc) is 3.02. The second kappa shape index (κ2) is 13.6. The van der Waals surface area contributed by atoms with Crippen LogP contribution >= 0.6 is 0 Å². The Kier molecular flexibility index (Phi) is 9.51. The number of nitrogens with zero attached hydrogens (tertiary/aromatic N) is 4. The van der Waals surface area contributed by atoms with E-state index in [1.54, 1.807) is 12.1 Å². The maximum atomic E-state index is 11.8. The first-order valence-corrected chi connectivity index (χ1v) is 14.5. The highest BCUT2D eigenvalue weighted by molar-refractivity contribution is 5.98. The molecule has 3 aromatic rings. The van der Waals surface area contributed by atoms with Crippen molar-refractivity contribution in [3.8, 4) is 11.6 Å². The van der Waals surface area contributed by atoms with Gasteiger partial charge in [0.15, 0.2) is 5.82 Å². The number of ether oxygens (including phenoxy) is 2. The summed E-state index contributed by atoms with van der Waals surface area (Å²) >= 11 is 0. The van der Waals surface area contributed by atoms with Crippen LogP contribution in [0.1, 0.15) is 43.6 Å². The Bertz CT molecular complexity index is 1410. The number of carbonyl (C=O) groups is 1. The maximum Gasteiger partial charge on any atom is 0.247 e. The number of aromatic nitrogens is 2. The second-order valence-electron chi connectivity index (χ2n) is 10.9. The molecule has 9 nitrogen and oxygen atoms in total. The predicted octanol–water partition coefficient (Wildman–Crippen LogP) is 5.90. The van der Waals surface area contributed by atoms with Gasteiger partial charge in [-0.05, 0) is 88.3 Å². The third-order valence-electron chi connectivity index (χ3n) is 7.78. The first-order chi connectivity index (χ1) is 20.4. The van der Waals surface area contributed by atoms with Crippen molar-refractivity contribution in [1.29, 1.82) is 0 Å². The number of hydrogen-bond donors (Lipinski definition) is 2. The normalized spacial score (nSPS) is 16.5. The van der Waals surface area contributed by atoms with Crippen LogP contribution in [0.3, 0.4) is 0 Å². The van der Waals surface area contributed by atoms with Gasteiger partial charge in [0.2, 0.25) is 11.8 Å². The van der Waals surface area contributed by atoms with Gasteiger partial charge in [-0.25, -0.2) is 4.98 Å². The van der Waals surface area contributed by atoms with Gasteiger partial charge in [0, 0.05) is 48.5 Å². The van der Waals surface area contributed by atoms with Crippen LogP contribution in [0.4, 0.5) is 17.1 Å². The molecule has 9 heteroatoms. The van der Waals surface area contributed by atoms with Crippen molar-refractivity contribution in [2.24, 2.45) is 0 Å². The topological polar surface area (TPSA) is 91.8 Å². The highest BCUT2D eigenvalue weighted by atomic mass is 16.5. The third kappa shape index (κ3) is 7.35. The van der Waals surface area contributed by atoms with E-state index < -0.39 is 0 Å². The molecule has 1 atom stereocenters. The molecule has 3 heterocycles. The van der Waals surface area contributed by atoms with Crippen molar-refractivity contribution < 1.29 is 14.3 Å². The van der Waals surface area contributed by atoms with Crippen LogP contribution in [0.2, 0.25) is 0 Å². The smallest absolute Gasteiger partial charge is 0.247 e. The Labute approximate surface area is 248 Å². The number of anilines is 3. The molecule has 2 aliphatic rings. The summed E-state index contributed by atoms with van der Waals surface area (Å²) < 4.78 is 11.8. The summed E-state index contributed by atoms with van der Waals surface area (Å²) in [7, 11) is 4.33. The molecule has 0 aliphatic carbocycles. The molecule has 1 amide bonds. The van der Waals surface area contributed by atoms with Crippen molar-refractivity contribution in [3.63, 3.8) is 0 Å². The SMILES string of the molecule is C=CC(=O)Nc1cccc(Oc2nc([C@H](C)Nc3ccc(N4CCC(N(C)C)CC4)cc3)ncc2C2=CCOCC2)c1. The lowest BCUT2D eigenvalue weighted by Crippen LogP contribution is -2.41. The van der Waals surface area contributed by atoms with Gasteiger partial charge in [-0.3, -0.25) is 4.79 Å². The Balaban J connectivity index is 1.32. The molecule has 1 fully saturated rings. The zero-order chi connectivity index (χ0) is 29.5. The van der Waals surface area contributed by atoms with Crippen LogP contribution in [-0.2, 0) is 9.53 Å². The lowest BCUT2D eigenvalue weighted by atomic mass is 10.0. The molecule has 0 bridgehead atoms. The molecule has 2 aliphatic heterocycles. The summed E-state index contributed by atoms with van der Waals surface area (Å²) in [6, 6.07) is 16.3. The third-order valence-corrected chi connectivity index (χ3v) is 7.78. The molecular formula is C33H40N6O3. The minimum atomic E-state index is -0.286. The van der Waals surface area contributed by atoms with Crippen molar-refractivity contribution in [2.45, 2.75) is 38.3 Å². The number of piperidine rings is 1. The van der Waals surface area contributed by atoms with Crippen LogP contribution in [-0.4, -0.2) is 67.2 Å². The van der Waals surface area contributed by atoms with E-state index in [1.165, 1.54) is 24.6 Å². The lowest BCUT2D eigenvalue weighted by molar-refractivity contribution is -0.111. The first-order valence-electron chi connectivity index (χ1n) is 14.5. The van der Waals surface area contributed by atoms with Crippen molar-refractivity contribution in [1.82, 2.24) is 14.9 Å². The van der Waals surface area contributed by atoms with E-state index in [-0.39, 0.29) is 11.9 Å². The molecule has 0 spiro atoms. The molecule has 2 aromatic carbocycles. The standard InChI is InChI=1S/C33H40N6O3/c1-5-31(40)36-26-7-6-8-29(21-26)42-33-30(24-15-19-41-20-16-24)22-34-32(37-33)23(2)35-25-9-11-28(12-10-25)39-17-13-27(14-18-39)38(3)4/h5-12,15,21-23,27,35H,1,13-14,16-20H2,2-4H3,(H,36,40)/t23-/m0/s1. The average molecular weight is 569 g/mol. The Morgan fingerprint density at radius 3 is 2.64 bits per heavy atom. The number of hydrogen-bond acceptors (Lipinski definition) is 8. The summed E-state index contributed by atoms with van der Waals surface area (Å²) in [6.45, 7) is 8.87. The molecule has 42 heavy (non-hydrogen) atoms. The highest BCUT2D eigenvalue weighted by Gasteiger charge is 2.21. The summed E-state index contributed by atoms with van der Waals surface area (Å²) in [4.78, 5) is 26.2. The van der Waals surface area contributed by atoms with Crippen molar-refractivity contribution >= 4 is 28.5 Å². The number of carbonyl (C=O) groups excluding carboxylic acids is 1. The summed E-state index contributed by atoms with van der Waals surface area (Å²) in [5.74, 6) is 1.35. The molecule has 0 unspecified atom stereocenters. The predicted molar refractivity (Wildman–Crippen MR) is 168 cm³/mol. The monoisotopic (exact) mass is 568 g/mol. The fourth-order valence-corrected chi connectivity index (χ4v) is 5.32. The second-order valence-corrected chi connectivity index (χ2v) is 10.9. The molecule has 0 radical (unpaired) electrons. The Morgan fingerprint density at radius 1 is 1.17 bits per heavy atom. The van der Waals surface area contributed by atoms with E-state index in [2.05, 4.69) is 65.4 Å². The van der Waals surface area contributed by atoms with Gasteiger partial charge in [0.1, 0.15) is 5.75 Å². The minimum Gasteiger partial charge on any atom is -0.438 e. The maximum absolute atomic E-state index is 11.8. The molecule has 5 rings (SSSR count). The van der Waals surface area contributed by atoms with E-state index >= 15 is 0 Å². The van der Waals surface area contributed by atoms with Gasteiger partial charge in [-0.1, -0.05) is 18.7 Å². The minimum absolute atomic E-state index is 0.162. The van der Waals surface area contributed by atoms with E-state index in [4.69, 9.17) is 19.4 Å². The molecular weight excluding hydrogens is 528 g/mol. The fraction of sp³-hybridized carbons (Fsp3) is 0.364. The number of rotatable bonds is 10. The van der Waals surface area contributed by atoms with E-state index in [0.717, 1.165) is 36.3 Å². The van der Waals surface area contributed by atoms with E-state index in [9.17, 15) is 4.79 Å². The van der Waals surface area contributed by atoms with Gasteiger partial charge >= 0.3 is 0 Å². The fourth-order valence-electron chi connectivity index (χ4n) is 5.32. The van der Waals surface area contributed by atoms with Crippen LogP contribution in [0.25, 0.3) is 5.57 Å². The van der Waals surface area contributed by atoms with Crippen LogP contribution in [0.15, 0.2) is 73.5 Å². The van der Waals surface area contributed by atoms with Gasteiger partial charge in [0.05, 0.1) is 24.8 Å². The molecule has 0 saturated carbocycles. The van der Waals surface area contributed by atoms with Gasteiger partial charge in [0.25, 0.3) is 0 Å². The van der Waals surface area contributed by atoms with Crippen LogP contribution in [0, 0.1) is 0 Å². The molecule has 1 saturated heterocycles. The van der Waals surface area contributed by atoms with Crippen LogP contribution in [0.5, 0.6) is 11.6 Å². The Morgan fingerprint density at radius 2 is 1.95 bits per heavy atom. The quantitative estimate of drug-likeness (QED) is 0.292. The highest BCUT2D eigenvalue weighted by Crippen LogP contribution is 2.33. The van der Waals surface area contributed by atoms with Gasteiger partial charge < -0.3 is 29.9 Å². The zero-order valence-electron chi connectivity index (χ0n) is 24.7. The number of amides is 1. The molecule has 2 N–H and O–H groups in total. The number of benzene rings is 2. The number of nitrogens with one attached hydrogen (secondary N) is 2. The van der Waals surface area contributed by atoms with E-state index in [1.807, 2.05) is 31.3 Å². The molecule has 1 aromatic heterocycles. The van der Waals surface area contributed by atoms with Crippen molar-refractivity contribution in [2.75, 3.05) is 55.9 Å². The van der Waals surface area contributed by atoms with Gasteiger partial charge in [-0.2, -0.15) is 4.98 Å². The Hall–Kier alpha value is -4.21. The van der Waals surface area contributed by atoms with Gasteiger partial charge in [-0.15, -0.1) is 0 Å². The summed E-state index contributed by atoms with van der Waals surface area (Å²) in [5, 5.41) is 6.31. The van der Waals surface area contributed by atoms with Crippen molar-refractivity contribution in [3.05, 3.63) is 84.8 Å².